The standard InChI is InChI=1S/C13H22FN3O2S/c1-4-7-17(9-8-16(2)3)20(18,19)13-6-5-11(14)10-12(13)15/h5-6,10H,4,7-9,15H2,1-3H3. The van der Waals surface area contributed by atoms with E-state index in [4.69, 9.17) is 5.73 Å². The molecule has 0 aliphatic heterocycles. The summed E-state index contributed by atoms with van der Waals surface area (Å²) in [7, 11) is 0.0646. The molecule has 0 aromatic heterocycles. The van der Waals surface area contributed by atoms with Gasteiger partial charge in [0.1, 0.15) is 10.7 Å². The fourth-order valence-electron chi connectivity index (χ4n) is 1.81. The molecule has 0 saturated heterocycles. The lowest BCUT2D eigenvalue weighted by atomic mass is 10.3. The lowest BCUT2D eigenvalue weighted by molar-refractivity contribution is 0.333. The highest BCUT2D eigenvalue weighted by Gasteiger charge is 2.25. The van der Waals surface area contributed by atoms with Crippen LogP contribution in [0, 0.1) is 5.82 Å². The Hall–Kier alpha value is -1.18. The van der Waals surface area contributed by atoms with Crippen LogP contribution in [0.1, 0.15) is 13.3 Å². The van der Waals surface area contributed by atoms with E-state index in [1.54, 1.807) is 0 Å². The van der Waals surface area contributed by atoms with E-state index in [0.29, 0.717) is 26.1 Å². The van der Waals surface area contributed by atoms with E-state index < -0.39 is 15.8 Å². The van der Waals surface area contributed by atoms with Crippen LogP contribution in [-0.4, -0.2) is 51.4 Å². The first-order valence-corrected chi connectivity index (χ1v) is 7.93. The predicted octanol–water partition coefficient (Wildman–Crippen LogP) is 1.37. The van der Waals surface area contributed by atoms with Crippen molar-refractivity contribution in [3.05, 3.63) is 24.0 Å². The number of hydrogen-bond acceptors (Lipinski definition) is 4. The predicted molar refractivity (Wildman–Crippen MR) is 78.4 cm³/mol. The number of nitrogens with two attached hydrogens (primary N) is 1. The smallest absolute Gasteiger partial charge is 0.245 e. The number of likely N-dealkylation sites (N-methyl/N-ethyl adjacent to an activating group) is 1. The molecule has 0 fully saturated rings. The summed E-state index contributed by atoms with van der Waals surface area (Å²) in [6.45, 7) is 3.31. The first-order chi connectivity index (χ1) is 9.28. The third-order valence-corrected chi connectivity index (χ3v) is 4.83. The number of nitrogens with zero attached hydrogens (tertiary/aromatic N) is 2. The van der Waals surface area contributed by atoms with Gasteiger partial charge in [-0.15, -0.1) is 0 Å². The van der Waals surface area contributed by atoms with Gasteiger partial charge >= 0.3 is 0 Å². The summed E-state index contributed by atoms with van der Waals surface area (Å²) in [6.07, 6.45) is 0.702. The molecule has 1 rings (SSSR count). The summed E-state index contributed by atoms with van der Waals surface area (Å²) in [5.74, 6) is -0.545. The quantitative estimate of drug-likeness (QED) is 0.773. The molecule has 0 saturated carbocycles. The van der Waals surface area contributed by atoms with Gasteiger partial charge in [0.15, 0.2) is 0 Å². The zero-order valence-corrected chi connectivity index (χ0v) is 13.0. The van der Waals surface area contributed by atoms with Gasteiger partial charge in [-0.25, -0.2) is 12.8 Å². The summed E-state index contributed by atoms with van der Waals surface area (Å²) < 4.78 is 39.6. The first kappa shape index (κ1) is 16.9. The van der Waals surface area contributed by atoms with Crippen molar-refractivity contribution in [1.29, 1.82) is 0 Å². The maximum absolute atomic E-state index is 13.0. The third kappa shape index (κ3) is 4.16. The van der Waals surface area contributed by atoms with Crippen LogP contribution in [0.15, 0.2) is 23.1 Å². The minimum absolute atomic E-state index is 0.0360. The SMILES string of the molecule is CCCN(CCN(C)C)S(=O)(=O)c1ccc(F)cc1N. The van der Waals surface area contributed by atoms with Crippen LogP contribution >= 0.6 is 0 Å². The molecular weight excluding hydrogens is 281 g/mol. The van der Waals surface area contributed by atoms with E-state index in [1.807, 2.05) is 25.9 Å². The number of benzene rings is 1. The number of halogens is 1. The Kier molecular flexibility index (Phi) is 5.91. The second-order valence-electron chi connectivity index (χ2n) is 4.89. The maximum Gasteiger partial charge on any atom is 0.245 e. The van der Waals surface area contributed by atoms with Crippen molar-refractivity contribution in [3.8, 4) is 0 Å². The van der Waals surface area contributed by atoms with E-state index in [1.165, 1.54) is 10.4 Å². The number of rotatable bonds is 7. The molecule has 5 nitrogen and oxygen atoms in total. The van der Waals surface area contributed by atoms with Crippen LogP contribution < -0.4 is 5.73 Å². The first-order valence-electron chi connectivity index (χ1n) is 6.49. The van der Waals surface area contributed by atoms with Crippen LogP contribution in [0.4, 0.5) is 10.1 Å². The number of anilines is 1. The molecular formula is C13H22FN3O2S. The molecule has 0 amide bonds. The van der Waals surface area contributed by atoms with Crippen molar-refractivity contribution in [2.75, 3.05) is 39.5 Å². The highest BCUT2D eigenvalue weighted by atomic mass is 32.2. The van der Waals surface area contributed by atoms with Gasteiger partial charge in [0.05, 0.1) is 5.69 Å². The van der Waals surface area contributed by atoms with Crippen LogP contribution in [0.2, 0.25) is 0 Å². The third-order valence-electron chi connectivity index (χ3n) is 2.86. The molecule has 0 aliphatic rings. The molecule has 0 bridgehead atoms. The molecule has 0 radical (unpaired) electrons. The van der Waals surface area contributed by atoms with Gasteiger partial charge in [-0.2, -0.15) is 4.31 Å². The van der Waals surface area contributed by atoms with Crippen molar-refractivity contribution < 1.29 is 12.8 Å². The van der Waals surface area contributed by atoms with Crippen molar-refractivity contribution in [3.63, 3.8) is 0 Å². The molecule has 0 aliphatic carbocycles. The van der Waals surface area contributed by atoms with Crippen molar-refractivity contribution in [1.82, 2.24) is 9.21 Å². The van der Waals surface area contributed by atoms with E-state index >= 15 is 0 Å². The van der Waals surface area contributed by atoms with Gasteiger partial charge in [-0.3, -0.25) is 0 Å². The van der Waals surface area contributed by atoms with Crippen LogP contribution in [0.25, 0.3) is 0 Å². The van der Waals surface area contributed by atoms with E-state index in [-0.39, 0.29) is 10.6 Å². The molecule has 0 atom stereocenters. The number of hydrogen-bond donors (Lipinski definition) is 1. The van der Waals surface area contributed by atoms with Crippen molar-refractivity contribution in [2.45, 2.75) is 18.2 Å². The minimum atomic E-state index is -3.69. The van der Waals surface area contributed by atoms with E-state index in [2.05, 4.69) is 0 Å². The van der Waals surface area contributed by atoms with Gasteiger partial charge in [0.25, 0.3) is 0 Å². The van der Waals surface area contributed by atoms with Gasteiger partial charge in [0, 0.05) is 19.6 Å². The molecule has 7 heteroatoms. The van der Waals surface area contributed by atoms with Gasteiger partial charge in [0.2, 0.25) is 10.0 Å². The second kappa shape index (κ2) is 7.01. The summed E-state index contributed by atoms with van der Waals surface area (Å²) in [5.41, 5.74) is 5.58. The van der Waals surface area contributed by atoms with Gasteiger partial charge in [-0.1, -0.05) is 6.92 Å². The lowest BCUT2D eigenvalue weighted by Crippen LogP contribution is -2.37. The Morgan fingerprint density at radius 1 is 1.20 bits per heavy atom. The highest BCUT2D eigenvalue weighted by molar-refractivity contribution is 7.89. The Morgan fingerprint density at radius 2 is 1.85 bits per heavy atom. The van der Waals surface area contributed by atoms with Gasteiger partial charge in [-0.05, 0) is 38.7 Å². The Morgan fingerprint density at radius 3 is 2.35 bits per heavy atom. The van der Waals surface area contributed by atoms with Crippen LogP contribution in [0.5, 0.6) is 0 Å². The van der Waals surface area contributed by atoms with E-state index in [9.17, 15) is 12.8 Å². The number of nitrogen functional groups attached to an aromatic ring is 1. The largest absolute Gasteiger partial charge is 0.398 e. The summed E-state index contributed by atoms with van der Waals surface area (Å²) in [6, 6.07) is 3.36. The average Bonchev–Trinajstić information content (AvgIpc) is 2.33. The van der Waals surface area contributed by atoms with E-state index in [0.717, 1.165) is 12.1 Å². The highest BCUT2D eigenvalue weighted by Crippen LogP contribution is 2.23. The number of sulfonamides is 1. The summed E-state index contributed by atoms with van der Waals surface area (Å²) in [5, 5.41) is 0. The topological polar surface area (TPSA) is 66.6 Å². The lowest BCUT2D eigenvalue weighted by Gasteiger charge is -2.24. The molecule has 0 spiro atoms. The zero-order chi connectivity index (χ0) is 15.3. The molecule has 114 valence electrons. The monoisotopic (exact) mass is 303 g/mol. The maximum atomic E-state index is 13.0. The molecule has 0 unspecified atom stereocenters. The van der Waals surface area contributed by atoms with Crippen molar-refractivity contribution >= 4 is 15.7 Å². The van der Waals surface area contributed by atoms with Crippen LogP contribution in [0.3, 0.4) is 0 Å². The summed E-state index contributed by atoms with van der Waals surface area (Å²) in [4.78, 5) is 1.87. The molecule has 2 N–H and O–H groups in total. The van der Waals surface area contributed by atoms with Crippen LogP contribution in [-0.2, 0) is 10.0 Å². The van der Waals surface area contributed by atoms with Crippen molar-refractivity contribution in [2.24, 2.45) is 0 Å². The zero-order valence-electron chi connectivity index (χ0n) is 12.1. The molecule has 0 heterocycles. The fraction of sp³-hybridized carbons (Fsp3) is 0.538. The Bertz CT molecular complexity index is 547. The average molecular weight is 303 g/mol. The normalized spacial score (nSPS) is 12.3. The van der Waals surface area contributed by atoms with Gasteiger partial charge < -0.3 is 10.6 Å². The second-order valence-corrected chi connectivity index (χ2v) is 6.80. The molecule has 1 aromatic rings. The molecule has 1 aromatic carbocycles. The minimum Gasteiger partial charge on any atom is -0.398 e. The fourth-order valence-corrected chi connectivity index (χ4v) is 3.43. The molecule has 20 heavy (non-hydrogen) atoms. The summed E-state index contributed by atoms with van der Waals surface area (Å²) >= 11 is 0. The Balaban J connectivity index is 3.08. The Labute approximate surface area is 120 Å².